The first kappa shape index (κ1) is 10.2. The lowest BCUT2D eigenvalue weighted by Crippen LogP contribution is -2.06. The summed E-state index contributed by atoms with van der Waals surface area (Å²) in [5.74, 6) is -0.269. The number of ether oxygens (including phenoxy) is 1. The summed E-state index contributed by atoms with van der Waals surface area (Å²) in [6.07, 6.45) is 1.71. The molecule has 0 atom stereocenters. The molecule has 0 heterocycles. The number of benzene rings is 1. The first-order valence-corrected chi connectivity index (χ1v) is 4.08. The van der Waals surface area contributed by atoms with Crippen molar-refractivity contribution in [2.75, 3.05) is 0 Å². The summed E-state index contributed by atoms with van der Waals surface area (Å²) in [6, 6.07) is 5.08. The maximum Gasteiger partial charge on any atom is 0.335 e. The van der Waals surface area contributed by atoms with Gasteiger partial charge in [0.25, 0.3) is 0 Å². The SMILES string of the molecule is C=CC(=O)Oc1c(C)cccc1C=O. The van der Waals surface area contributed by atoms with Gasteiger partial charge in [0.2, 0.25) is 0 Å². The summed E-state index contributed by atoms with van der Waals surface area (Å²) in [6.45, 7) is 5.04. The zero-order chi connectivity index (χ0) is 10.6. The van der Waals surface area contributed by atoms with E-state index in [4.69, 9.17) is 4.74 Å². The number of hydrogen-bond donors (Lipinski definition) is 0. The number of aldehydes is 1. The molecular weight excluding hydrogens is 180 g/mol. The zero-order valence-electron chi connectivity index (χ0n) is 7.82. The summed E-state index contributed by atoms with van der Waals surface area (Å²) >= 11 is 0. The quantitative estimate of drug-likeness (QED) is 0.316. The van der Waals surface area contributed by atoms with Gasteiger partial charge in [-0.25, -0.2) is 4.79 Å². The molecule has 0 saturated carbocycles. The molecule has 0 aliphatic heterocycles. The number of carbonyl (C=O) groups excluding carboxylic acids is 2. The highest BCUT2D eigenvalue weighted by Gasteiger charge is 2.08. The van der Waals surface area contributed by atoms with Gasteiger partial charge in [-0.2, -0.15) is 0 Å². The van der Waals surface area contributed by atoms with Crippen molar-refractivity contribution in [2.45, 2.75) is 6.92 Å². The van der Waals surface area contributed by atoms with E-state index in [0.717, 1.165) is 11.6 Å². The Bertz CT molecular complexity index is 380. The molecular formula is C11H10O3. The molecule has 0 spiro atoms. The molecule has 3 heteroatoms. The predicted octanol–water partition coefficient (Wildman–Crippen LogP) is 1.90. The summed E-state index contributed by atoms with van der Waals surface area (Å²) in [5, 5.41) is 0. The van der Waals surface area contributed by atoms with Crippen LogP contribution in [0, 0.1) is 6.92 Å². The van der Waals surface area contributed by atoms with E-state index in [1.54, 1.807) is 25.1 Å². The largest absolute Gasteiger partial charge is 0.422 e. The summed E-state index contributed by atoms with van der Waals surface area (Å²) < 4.78 is 4.93. The van der Waals surface area contributed by atoms with Crippen LogP contribution in [0.4, 0.5) is 0 Å². The van der Waals surface area contributed by atoms with Crippen molar-refractivity contribution in [1.29, 1.82) is 0 Å². The minimum atomic E-state index is -0.567. The van der Waals surface area contributed by atoms with E-state index in [-0.39, 0.29) is 0 Å². The third kappa shape index (κ3) is 2.07. The molecule has 0 saturated heterocycles. The molecule has 72 valence electrons. The van der Waals surface area contributed by atoms with Crippen molar-refractivity contribution in [1.82, 2.24) is 0 Å². The lowest BCUT2D eigenvalue weighted by molar-refractivity contribution is -0.129. The highest BCUT2D eigenvalue weighted by Crippen LogP contribution is 2.21. The Kier molecular flexibility index (Phi) is 3.18. The van der Waals surface area contributed by atoms with Gasteiger partial charge in [-0.15, -0.1) is 0 Å². The smallest absolute Gasteiger partial charge is 0.335 e. The van der Waals surface area contributed by atoms with E-state index in [9.17, 15) is 9.59 Å². The Labute approximate surface area is 82.0 Å². The highest BCUT2D eigenvalue weighted by molar-refractivity contribution is 5.87. The van der Waals surface area contributed by atoms with Crippen LogP contribution in [-0.2, 0) is 4.79 Å². The fourth-order valence-corrected chi connectivity index (χ4v) is 1.05. The maximum absolute atomic E-state index is 10.9. The van der Waals surface area contributed by atoms with Crippen LogP contribution in [0.25, 0.3) is 0 Å². The average Bonchev–Trinajstić information content (AvgIpc) is 2.20. The monoisotopic (exact) mass is 190 g/mol. The molecule has 0 aliphatic carbocycles. The number of carbonyl (C=O) groups is 2. The van der Waals surface area contributed by atoms with Gasteiger partial charge in [-0.3, -0.25) is 4.79 Å². The van der Waals surface area contributed by atoms with Crippen molar-refractivity contribution in [3.05, 3.63) is 42.0 Å². The molecule has 0 aromatic heterocycles. The van der Waals surface area contributed by atoms with Crippen LogP contribution in [0.5, 0.6) is 5.75 Å². The van der Waals surface area contributed by atoms with Crippen molar-refractivity contribution < 1.29 is 14.3 Å². The number of esters is 1. The molecule has 0 N–H and O–H groups in total. The third-order valence-corrected chi connectivity index (χ3v) is 1.74. The van der Waals surface area contributed by atoms with Gasteiger partial charge in [0.1, 0.15) is 5.75 Å². The van der Waals surface area contributed by atoms with E-state index >= 15 is 0 Å². The van der Waals surface area contributed by atoms with E-state index in [1.165, 1.54) is 0 Å². The fraction of sp³-hybridized carbons (Fsp3) is 0.0909. The second-order valence-corrected chi connectivity index (χ2v) is 2.74. The molecule has 0 bridgehead atoms. The minimum absolute atomic E-state index is 0.299. The number of rotatable bonds is 3. The van der Waals surface area contributed by atoms with Crippen LogP contribution < -0.4 is 4.74 Å². The molecule has 0 fully saturated rings. The lowest BCUT2D eigenvalue weighted by Gasteiger charge is -2.06. The van der Waals surface area contributed by atoms with Crippen LogP contribution in [0.2, 0.25) is 0 Å². The van der Waals surface area contributed by atoms with Crippen LogP contribution in [0.15, 0.2) is 30.9 Å². The molecule has 14 heavy (non-hydrogen) atoms. The average molecular weight is 190 g/mol. The molecule has 0 unspecified atom stereocenters. The van der Waals surface area contributed by atoms with Gasteiger partial charge >= 0.3 is 5.97 Å². The van der Waals surface area contributed by atoms with Crippen LogP contribution >= 0.6 is 0 Å². The molecule has 0 radical (unpaired) electrons. The number of para-hydroxylation sites is 1. The van der Waals surface area contributed by atoms with Crippen molar-refractivity contribution in [2.24, 2.45) is 0 Å². The molecule has 1 aromatic carbocycles. The second-order valence-electron chi connectivity index (χ2n) is 2.74. The zero-order valence-corrected chi connectivity index (χ0v) is 7.82. The second kappa shape index (κ2) is 4.37. The van der Waals surface area contributed by atoms with E-state index in [2.05, 4.69) is 6.58 Å². The Morgan fingerprint density at radius 1 is 1.50 bits per heavy atom. The number of aryl methyl sites for hydroxylation is 1. The van der Waals surface area contributed by atoms with Crippen LogP contribution in [0.3, 0.4) is 0 Å². The topological polar surface area (TPSA) is 43.4 Å². The van der Waals surface area contributed by atoms with Gasteiger partial charge in [-0.1, -0.05) is 18.7 Å². The first-order chi connectivity index (χ1) is 6.69. The van der Waals surface area contributed by atoms with Gasteiger partial charge in [0.05, 0.1) is 5.56 Å². The van der Waals surface area contributed by atoms with Crippen LogP contribution in [-0.4, -0.2) is 12.3 Å². The lowest BCUT2D eigenvalue weighted by atomic mass is 10.1. The molecule has 3 nitrogen and oxygen atoms in total. The predicted molar refractivity (Wildman–Crippen MR) is 52.4 cm³/mol. The molecule has 1 aromatic rings. The minimum Gasteiger partial charge on any atom is -0.422 e. The molecule has 1 rings (SSSR count). The Morgan fingerprint density at radius 3 is 2.79 bits per heavy atom. The third-order valence-electron chi connectivity index (χ3n) is 1.74. The van der Waals surface area contributed by atoms with E-state index < -0.39 is 5.97 Å². The van der Waals surface area contributed by atoms with Crippen LogP contribution in [0.1, 0.15) is 15.9 Å². The molecule has 0 aliphatic rings. The summed E-state index contributed by atoms with van der Waals surface area (Å²) in [4.78, 5) is 21.6. The Morgan fingerprint density at radius 2 is 2.21 bits per heavy atom. The molecule has 0 amide bonds. The normalized spacial score (nSPS) is 9.21. The summed E-state index contributed by atoms with van der Waals surface area (Å²) in [5.41, 5.74) is 1.10. The van der Waals surface area contributed by atoms with Gasteiger partial charge in [-0.05, 0) is 18.6 Å². The Hall–Kier alpha value is -1.90. The van der Waals surface area contributed by atoms with Gasteiger partial charge in [0, 0.05) is 6.08 Å². The van der Waals surface area contributed by atoms with Crippen molar-refractivity contribution >= 4 is 12.3 Å². The van der Waals surface area contributed by atoms with E-state index in [0.29, 0.717) is 17.6 Å². The maximum atomic E-state index is 10.9. The van der Waals surface area contributed by atoms with Gasteiger partial charge < -0.3 is 4.74 Å². The highest BCUT2D eigenvalue weighted by atomic mass is 16.5. The number of hydrogen-bond acceptors (Lipinski definition) is 3. The van der Waals surface area contributed by atoms with E-state index in [1.807, 2.05) is 0 Å². The standard InChI is InChI=1S/C11H10O3/c1-3-10(13)14-11-8(2)5-4-6-9(11)7-12/h3-7H,1H2,2H3. The van der Waals surface area contributed by atoms with Gasteiger partial charge in [0.15, 0.2) is 6.29 Å². The fourth-order valence-electron chi connectivity index (χ4n) is 1.05. The summed E-state index contributed by atoms with van der Waals surface area (Å²) in [7, 11) is 0. The van der Waals surface area contributed by atoms with Crippen molar-refractivity contribution in [3.63, 3.8) is 0 Å². The first-order valence-electron chi connectivity index (χ1n) is 4.08. The Balaban J connectivity index is 3.10. The van der Waals surface area contributed by atoms with Crippen molar-refractivity contribution in [3.8, 4) is 5.75 Å².